The summed E-state index contributed by atoms with van der Waals surface area (Å²) in [5.41, 5.74) is 2.13. The Morgan fingerprint density at radius 2 is 1.86 bits per heavy atom. The van der Waals surface area contributed by atoms with E-state index in [1.165, 1.54) is 16.9 Å². The van der Waals surface area contributed by atoms with Gasteiger partial charge in [-0.05, 0) is 56.5 Å². The summed E-state index contributed by atoms with van der Waals surface area (Å²) >= 11 is 0. The normalized spacial score (nSPS) is 13.8. The molecule has 180 valence electrons. The van der Waals surface area contributed by atoms with Gasteiger partial charge in [0.1, 0.15) is 6.54 Å². The molecule has 4 aromatic rings. The first-order valence-corrected chi connectivity index (χ1v) is 11.8. The quantitative estimate of drug-likeness (QED) is 0.428. The van der Waals surface area contributed by atoms with Gasteiger partial charge < -0.3 is 15.0 Å². The Labute approximate surface area is 201 Å². The first kappa shape index (κ1) is 22.6. The molecule has 0 spiro atoms. The van der Waals surface area contributed by atoms with Crippen molar-refractivity contribution < 1.29 is 14.3 Å². The van der Waals surface area contributed by atoms with E-state index >= 15 is 0 Å². The van der Waals surface area contributed by atoms with Crippen molar-refractivity contribution in [3.63, 3.8) is 0 Å². The molecule has 1 saturated heterocycles. The van der Waals surface area contributed by atoms with Crippen LogP contribution in [0.2, 0.25) is 0 Å². The van der Waals surface area contributed by atoms with Gasteiger partial charge in [-0.25, -0.2) is 23.7 Å². The van der Waals surface area contributed by atoms with Crippen molar-refractivity contribution in [2.24, 2.45) is 0 Å². The number of hydrogen-bond acceptors (Lipinski definition) is 7. The molecule has 0 atom stereocenters. The highest BCUT2D eigenvalue weighted by molar-refractivity contribution is 5.94. The van der Waals surface area contributed by atoms with Gasteiger partial charge in [-0.3, -0.25) is 4.79 Å². The first-order valence-electron chi connectivity index (χ1n) is 11.8. The molecule has 0 radical (unpaired) electrons. The van der Waals surface area contributed by atoms with Crippen LogP contribution in [0.5, 0.6) is 0 Å². The second-order valence-electron chi connectivity index (χ2n) is 8.42. The molecule has 1 aliphatic heterocycles. The molecule has 1 amide bonds. The van der Waals surface area contributed by atoms with Crippen LogP contribution in [0.4, 0.5) is 11.5 Å². The standard InChI is InChI=1S/C25H26N6O4/c1-2-35-24(33)17-9-8-10-18(15-17)26-21(32)16-30-25(34)31-20-12-5-4-11-19(20)27-22(23(31)28-30)29-13-6-3-7-14-29/h4-5,8-12,15H,2-3,6-7,13-14,16H2,1H3,(H,26,32). The van der Waals surface area contributed by atoms with Gasteiger partial charge in [0.05, 0.1) is 23.2 Å². The maximum Gasteiger partial charge on any atom is 0.351 e. The Morgan fingerprint density at radius 3 is 2.66 bits per heavy atom. The number of aromatic nitrogens is 4. The topological polar surface area (TPSA) is 111 Å². The molecule has 2 aromatic carbocycles. The predicted molar refractivity (Wildman–Crippen MR) is 132 cm³/mol. The highest BCUT2D eigenvalue weighted by Crippen LogP contribution is 2.25. The molecule has 1 fully saturated rings. The second kappa shape index (κ2) is 9.57. The van der Waals surface area contributed by atoms with Crippen LogP contribution in [0, 0.1) is 0 Å². The number of hydrogen-bond donors (Lipinski definition) is 1. The number of amides is 1. The predicted octanol–water partition coefficient (Wildman–Crippen LogP) is 2.85. The van der Waals surface area contributed by atoms with E-state index in [0.717, 1.165) is 30.6 Å². The maximum absolute atomic E-state index is 13.4. The van der Waals surface area contributed by atoms with Crippen LogP contribution < -0.4 is 15.9 Å². The van der Waals surface area contributed by atoms with Crippen molar-refractivity contribution in [1.82, 2.24) is 19.2 Å². The number of rotatable bonds is 6. The van der Waals surface area contributed by atoms with E-state index in [1.54, 1.807) is 25.1 Å². The van der Waals surface area contributed by atoms with Gasteiger partial charge in [0.25, 0.3) is 0 Å². The number of piperidine rings is 1. The number of carbonyl (C=O) groups is 2. The zero-order valence-electron chi connectivity index (χ0n) is 19.4. The van der Waals surface area contributed by atoms with Gasteiger partial charge >= 0.3 is 11.7 Å². The number of benzene rings is 2. The summed E-state index contributed by atoms with van der Waals surface area (Å²) in [5, 5.41) is 7.25. The molecule has 10 nitrogen and oxygen atoms in total. The van der Waals surface area contributed by atoms with Crippen molar-refractivity contribution in [3.8, 4) is 0 Å². The van der Waals surface area contributed by atoms with E-state index in [-0.39, 0.29) is 13.2 Å². The summed E-state index contributed by atoms with van der Waals surface area (Å²) in [6.45, 7) is 3.40. The third-order valence-electron chi connectivity index (χ3n) is 5.99. The van der Waals surface area contributed by atoms with Crippen molar-refractivity contribution in [2.75, 3.05) is 29.9 Å². The smallest absolute Gasteiger partial charge is 0.351 e. The molecule has 1 N–H and O–H groups in total. The van der Waals surface area contributed by atoms with Gasteiger partial charge in [0.2, 0.25) is 11.6 Å². The Morgan fingerprint density at radius 1 is 1.06 bits per heavy atom. The molecule has 0 unspecified atom stereocenters. The largest absolute Gasteiger partial charge is 0.462 e. The number of esters is 1. The van der Waals surface area contributed by atoms with Crippen molar-refractivity contribution in [1.29, 1.82) is 0 Å². The first-order chi connectivity index (χ1) is 17.0. The maximum atomic E-state index is 13.4. The summed E-state index contributed by atoms with van der Waals surface area (Å²) in [7, 11) is 0. The number of anilines is 2. The summed E-state index contributed by atoms with van der Waals surface area (Å²) < 4.78 is 7.69. The Kier molecular flexibility index (Phi) is 6.17. The van der Waals surface area contributed by atoms with Crippen LogP contribution in [0.15, 0.2) is 53.3 Å². The lowest BCUT2D eigenvalue weighted by Crippen LogP contribution is -2.31. The number of carbonyl (C=O) groups excluding carboxylic acids is 2. The van der Waals surface area contributed by atoms with Gasteiger partial charge in [-0.1, -0.05) is 18.2 Å². The molecular formula is C25H26N6O4. The van der Waals surface area contributed by atoms with E-state index in [9.17, 15) is 14.4 Å². The molecule has 35 heavy (non-hydrogen) atoms. The third kappa shape index (κ3) is 4.46. The molecule has 3 heterocycles. The van der Waals surface area contributed by atoms with Gasteiger partial charge in [-0.15, -0.1) is 5.10 Å². The summed E-state index contributed by atoms with van der Waals surface area (Å²) in [6, 6.07) is 13.9. The van der Waals surface area contributed by atoms with E-state index in [0.29, 0.717) is 33.7 Å². The van der Waals surface area contributed by atoms with Crippen molar-refractivity contribution in [2.45, 2.75) is 32.7 Å². The minimum atomic E-state index is -0.468. The summed E-state index contributed by atoms with van der Waals surface area (Å²) in [5.74, 6) is -0.250. The van der Waals surface area contributed by atoms with E-state index in [2.05, 4.69) is 15.3 Å². The van der Waals surface area contributed by atoms with Crippen LogP contribution in [0.25, 0.3) is 16.7 Å². The van der Waals surface area contributed by atoms with Crippen LogP contribution >= 0.6 is 0 Å². The van der Waals surface area contributed by atoms with Crippen molar-refractivity contribution in [3.05, 3.63) is 64.6 Å². The Balaban J connectivity index is 1.47. The fourth-order valence-corrected chi connectivity index (χ4v) is 4.38. The minimum absolute atomic E-state index is 0.259. The lowest BCUT2D eigenvalue weighted by molar-refractivity contribution is -0.117. The monoisotopic (exact) mass is 474 g/mol. The van der Waals surface area contributed by atoms with Crippen LogP contribution in [0.3, 0.4) is 0 Å². The van der Waals surface area contributed by atoms with Crippen LogP contribution in [-0.4, -0.2) is 50.7 Å². The average molecular weight is 475 g/mol. The molecule has 1 aliphatic rings. The lowest BCUT2D eigenvalue weighted by atomic mass is 10.1. The fourth-order valence-electron chi connectivity index (χ4n) is 4.38. The molecular weight excluding hydrogens is 448 g/mol. The zero-order chi connectivity index (χ0) is 24.4. The summed E-state index contributed by atoms with van der Waals surface area (Å²) in [6.07, 6.45) is 3.27. The molecule has 2 aromatic heterocycles. The number of fused-ring (bicyclic) bond motifs is 3. The average Bonchev–Trinajstić information content (AvgIpc) is 3.20. The van der Waals surface area contributed by atoms with E-state index < -0.39 is 17.6 Å². The number of nitrogens with zero attached hydrogens (tertiary/aromatic N) is 5. The van der Waals surface area contributed by atoms with Crippen LogP contribution in [-0.2, 0) is 16.1 Å². The second-order valence-corrected chi connectivity index (χ2v) is 8.42. The van der Waals surface area contributed by atoms with Crippen molar-refractivity contribution >= 4 is 40.1 Å². The third-order valence-corrected chi connectivity index (χ3v) is 5.99. The van der Waals surface area contributed by atoms with Gasteiger partial charge in [-0.2, -0.15) is 0 Å². The Hall–Kier alpha value is -4.21. The minimum Gasteiger partial charge on any atom is -0.462 e. The molecule has 0 aliphatic carbocycles. The highest BCUT2D eigenvalue weighted by Gasteiger charge is 2.22. The SMILES string of the molecule is CCOC(=O)c1cccc(NC(=O)Cn2nc3c(N4CCCCC4)nc4ccccc4n3c2=O)c1. The highest BCUT2D eigenvalue weighted by atomic mass is 16.5. The van der Waals surface area contributed by atoms with E-state index in [4.69, 9.17) is 9.72 Å². The van der Waals surface area contributed by atoms with Crippen LogP contribution in [0.1, 0.15) is 36.5 Å². The zero-order valence-corrected chi connectivity index (χ0v) is 19.4. The van der Waals surface area contributed by atoms with E-state index in [1.807, 2.05) is 24.3 Å². The molecule has 5 rings (SSSR count). The number of ether oxygens (including phenoxy) is 1. The summed E-state index contributed by atoms with van der Waals surface area (Å²) in [4.78, 5) is 45.1. The molecule has 10 heteroatoms. The number of para-hydroxylation sites is 2. The number of nitrogens with one attached hydrogen (secondary N) is 1. The van der Waals surface area contributed by atoms with Gasteiger partial charge in [0.15, 0.2) is 5.82 Å². The molecule has 0 bridgehead atoms. The van der Waals surface area contributed by atoms with Gasteiger partial charge in [0, 0.05) is 18.8 Å². The lowest BCUT2D eigenvalue weighted by Gasteiger charge is -2.27. The fraction of sp³-hybridized carbons (Fsp3) is 0.320. The molecule has 0 saturated carbocycles. The Bertz CT molecular complexity index is 1470.